The first-order chi connectivity index (χ1) is 5.74. The monoisotopic (exact) mass is 182 g/mol. The molecule has 0 aromatic carbocycles. The van der Waals surface area contributed by atoms with E-state index in [2.05, 4.69) is 16.9 Å². The number of halogens is 1. The Bertz CT molecular complexity index is 284. The SMILES string of the molecule is C=C(CNC)c1cc(Cl)ccn1. The van der Waals surface area contributed by atoms with Gasteiger partial charge in [-0.3, -0.25) is 4.98 Å². The lowest BCUT2D eigenvalue weighted by atomic mass is 10.2. The zero-order valence-electron chi connectivity index (χ0n) is 6.97. The average molecular weight is 183 g/mol. The number of likely N-dealkylation sites (N-methyl/N-ethyl adjacent to an activating group) is 1. The van der Waals surface area contributed by atoms with Crippen LogP contribution in [0.4, 0.5) is 0 Å². The van der Waals surface area contributed by atoms with Gasteiger partial charge in [-0.05, 0) is 24.8 Å². The molecular formula is C9H11ClN2. The van der Waals surface area contributed by atoms with Gasteiger partial charge in [0, 0.05) is 17.8 Å². The maximum absolute atomic E-state index is 5.79. The Morgan fingerprint density at radius 1 is 1.75 bits per heavy atom. The van der Waals surface area contributed by atoms with E-state index in [9.17, 15) is 0 Å². The molecule has 1 aromatic heterocycles. The Labute approximate surface area is 77.3 Å². The molecule has 0 radical (unpaired) electrons. The van der Waals surface area contributed by atoms with Crippen LogP contribution >= 0.6 is 11.6 Å². The van der Waals surface area contributed by atoms with Gasteiger partial charge in [0.1, 0.15) is 0 Å². The van der Waals surface area contributed by atoms with E-state index in [1.807, 2.05) is 7.05 Å². The molecule has 0 spiro atoms. The summed E-state index contributed by atoms with van der Waals surface area (Å²) < 4.78 is 0. The fourth-order valence-electron chi connectivity index (χ4n) is 0.902. The van der Waals surface area contributed by atoms with E-state index in [0.29, 0.717) is 5.02 Å². The molecule has 0 saturated carbocycles. The van der Waals surface area contributed by atoms with Crippen molar-refractivity contribution in [3.63, 3.8) is 0 Å². The second-order valence-electron chi connectivity index (χ2n) is 2.49. The lowest BCUT2D eigenvalue weighted by Gasteiger charge is -2.03. The van der Waals surface area contributed by atoms with Crippen LogP contribution in [0.1, 0.15) is 5.69 Å². The lowest BCUT2D eigenvalue weighted by molar-refractivity contribution is 0.928. The summed E-state index contributed by atoms with van der Waals surface area (Å²) in [5.74, 6) is 0. The molecule has 0 fully saturated rings. The van der Waals surface area contributed by atoms with Gasteiger partial charge < -0.3 is 5.32 Å². The number of aromatic nitrogens is 1. The molecule has 1 rings (SSSR count). The molecule has 0 unspecified atom stereocenters. The molecule has 64 valence electrons. The third-order valence-corrected chi connectivity index (χ3v) is 1.71. The third-order valence-electron chi connectivity index (χ3n) is 1.47. The zero-order chi connectivity index (χ0) is 8.97. The van der Waals surface area contributed by atoms with Crippen molar-refractivity contribution in [3.05, 3.63) is 35.6 Å². The summed E-state index contributed by atoms with van der Waals surface area (Å²) in [5.41, 5.74) is 1.79. The maximum atomic E-state index is 5.79. The summed E-state index contributed by atoms with van der Waals surface area (Å²) in [4.78, 5) is 4.13. The normalized spacial score (nSPS) is 9.83. The van der Waals surface area contributed by atoms with Crippen LogP contribution in [0.3, 0.4) is 0 Å². The van der Waals surface area contributed by atoms with Crippen molar-refractivity contribution in [3.8, 4) is 0 Å². The van der Waals surface area contributed by atoms with Crippen LogP contribution in [-0.2, 0) is 0 Å². The highest BCUT2D eigenvalue weighted by Gasteiger charge is 1.98. The summed E-state index contributed by atoms with van der Waals surface area (Å²) in [5, 5.41) is 3.69. The number of hydrogen-bond donors (Lipinski definition) is 1. The maximum Gasteiger partial charge on any atom is 0.0683 e. The highest BCUT2D eigenvalue weighted by Crippen LogP contribution is 2.13. The largest absolute Gasteiger partial charge is 0.316 e. The summed E-state index contributed by atoms with van der Waals surface area (Å²) in [7, 11) is 1.87. The van der Waals surface area contributed by atoms with E-state index in [0.717, 1.165) is 17.8 Å². The number of nitrogens with zero attached hydrogens (tertiary/aromatic N) is 1. The molecule has 3 heteroatoms. The Morgan fingerprint density at radius 2 is 2.50 bits per heavy atom. The Kier molecular flexibility index (Phi) is 3.26. The van der Waals surface area contributed by atoms with Gasteiger partial charge in [0.05, 0.1) is 5.69 Å². The average Bonchev–Trinajstić information content (AvgIpc) is 2.05. The molecule has 1 heterocycles. The predicted molar refractivity (Wildman–Crippen MR) is 52.2 cm³/mol. The molecular weight excluding hydrogens is 172 g/mol. The summed E-state index contributed by atoms with van der Waals surface area (Å²) in [6.07, 6.45) is 1.68. The fraction of sp³-hybridized carbons (Fsp3) is 0.222. The van der Waals surface area contributed by atoms with Gasteiger partial charge in [-0.1, -0.05) is 18.2 Å². The molecule has 1 aromatic rings. The fourth-order valence-corrected chi connectivity index (χ4v) is 1.06. The smallest absolute Gasteiger partial charge is 0.0683 e. The molecule has 2 nitrogen and oxygen atoms in total. The summed E-state index contributed by atoms with van der Waals surface area (Å²) in [6.45, 7) is 4.60. The van der Waals surface area contributed by atoms with Gasteiger partial charge in [-0.15, -0.1) is 0 Å². The minimum absolute atomic E-state index is 0.692. The van der Waals surface area contributed by atoms with Crippen molar-refractivity contribution in [2.75, 3.05) is 13.6 Å². The van der Waals surface area contributed by atoms with Crippen LogP contribution in [0, 0.1) is 0 Å². The van der Waals surface area contributed by atoms with Gasteiger partial charge in [-0.25, -0.2) is 0 Å². The van der Waals surface area contributed by atoms with E-state index < -0.39 is 0 Å². The third kappa shape index (κ3) is 2.32. The second kappa shape index (κ2) is 4.24. The van der Waals surface area contributed by atoms with Crippen LogP contribution in [-0.4, -0.2) is 18.6 Å². The van der Waals surface area contributed by atoms with E-state index in [1.165, 1.54) is 0 Å². The Balaban J connectivity index is 2.81. The molecule has 0 atom stereocenters. The first-order valence-corrected chi connectivity index (χ1v) is 4.06. The molecule has 0 bridgehead atoms. The van der Waals surface area contributed by atoms with E-state index in [1.54, 1.807) is 18.3 Å². The Morgan fingerprint density at radius 3 is 3.08 bits per heavy atom. The number of pyridine rings is 1. The standard InChI is InChI=1S/C9H11ClN2/c1-7(6-11-2)9-5-8(10)3-4-12-9/h3-5,11H,1,6H2,2H3. The van der Waals surface area contributed by atoms with Gasteiger partial charge in [0.15, 0.2) is 0 Å². The second-order valence-corrected chi connectivity index (χ2v) is 2.93. The first kappa shape index (κ1) is 9.23. The molecule has 0 aliphatic carbocycles. The first-order valence-electron chi connectivity index (χ1n) is 3.68. The number of rotatable bonds is 3. The van der Waals surface area contributed by atoms with Gasteiger partial charge in [0.25, 0.3) is 0 Å². The minimum Gasteiger partial charge on any atom is -0.316 e. The molecule has 0 aliphatic heterocycles. The van der Waals surface area contributed by atoms with Gasteiger partial charge >= 0.3 is 0 Å². The summed E-state index contributed by atoms with van der Waals surface area (Å²) >= 11 is 5.79. The van der Waals surface area contributed by atoms with Crippen LogP contribution in [0.15, 0.2) is 24.9 Å². The quantitative estimate of drug-likeness (QED) is 0.773. The van der Waals surface area contributed by atoms with Crippen LogP contribution < -0.4 is 5.32 Å². The summed E-state index contributed by atoms with van der Waals surface area (Å²) in [6, 6.07) is 3.55. The van der Waals surface area contributed by atoms with Crippen molar-refractivity contribution in [2.45, 2.75) is 0 Å². The van der Waals surface area contributed by atoms with Crippen molar-refractivity contribution in [1.82, 2.24) is 10.3 Å². The van der Waals surface area contributed by atoms with Gasteiger partial charge in [0.2, 0.25) is 0 Å². The number of nitrogens with one attached hydrogen (secondary N) is 1. The predicted octanol–water partition coefficient (Wildman–Crippen LogP) is 1.97. The van der Waals surface area contributed by atoms with Crippen molar-refractivity contribution in [1.29, 1.82) is 0 Å². The van der Waals surface area contributed by atoms with Crippen molar-refractivity contribution < 1.29 is 0 Å². The zero-order valence-corrected chi connectivity index (χ0v) is 7.73. The molecule has 0 saturated heterocycles. The van der Waals surface area contributed by atoms with E-state index in [4.69, 9.17) is 11.6 Å². The molecule has 0 amide bonds. The highest BCUT2D eigenvalue weighted by atomic mass is 35.5. The van der Waals surface area contributed by atoms with Crippen molar-refractivity contribution >= 4 is 17.2 Å². The molecule has 1 N–H and O–H groups in total. The van der Waals surface area contributed by atoms with Crippen molar-refractivity contribution in [2.24, 2.45) is 0 Å². The molecule has 0 aliphatic rings. The highest BCUT2D eigenvalue weighted by molar-refractivity contribution is 6.30. The minimum atomic E-state index is 0.692. The van der Waals surface area contributed by atoms with E-state index in [-0.39, 0.29) is 0 Å². The van der Waals surface area contributed by atoms with Gasteiger partial charge in [-0.2, -0.15) is 0 Å². The van der Waals surface area contributed by atoms with Crippen LogP contribution in [0.5, 0.6) is 0 Å². The van der Waals surface area contributed by atoms with E-state index >= 15 is 0 Å². The number of hydrogen-bond acceptors (Lipinski definition) is 2. The topological polar surface area (TPSA) is 24.9 Å². The molecule has 12 heavy (non-hydrogen) atoms. The Hall–Kier alpha value is -0.860. The lowest BCUT2D eigenvalue weighted by Crippen LogP contribution is -2.09. The van der Waals surface area contributed by atoms with Crippen LogP contribution in [0.2, 0.25) is 5.02 Å². The van der Waals surface area contributed by atoms with Crippen LogP contribution in [0.25, 0.3) is 5.57 Å².